The summed E-state index contributed by atoms with van der Waals surface area (Å²) in [6.45, 7) is 3.39. The van der Waals surface area contributed by atoms with Gasteiger partial charge in [-0.1, -0.05) is 13.0 Å². The largest absolute Gasteiger partial charge is 0.365 e. The maximum Gasteiger partial charge on any atom is 0.365 e. The highest BCUT2D eigenvalue weighted by Crippen LogP contribution is 2.71. The summed E-state index contributed by atoms with van der Waals surface area (Å²) in [6, 6.07) is 0. The molecule has 4 rings (SSSR count). The Kier molecular flexibility index (Phi) is 2.35. The Labute approximate surface area is 107 Å². The van der Waals surface area contributed by atoms with E-state index in [1.54, 1.807) is 0 Å². The second kappa shape index (κ2) is 3.83. The Hall–Kier alpha value is -0.830. The molecule has 0 aliphatic heterocycles. The third kappa shape index (κ3) is 1.56. The van der Waals surface area contributed by atoms with Crippen LogP contribution in [0.15, 0.2) is 12.7 Å². The van der Waals surface area contributed by atoms with E-state index < -0.39 is 5.97 Å². The minimum Gasteiger partial charge on any atom is -0.293 e. The van der Waals surface area contributed by atoms with Gasteiger partial charge in [0.15, 0.2) is 0 Å². The number of fused-ring (bicyclic) bond motifs is 6. The second-order valence-corrected chi connectivity index (χ2v) is 6.54. The normalized spacial score (nSPS) is 51.4. The van der Waals surface area contributed by atoms with Gasteiger partial charge in [0, 0.05) is 6.08 Å². The van der Waals surface area contributed by atoms with E-state index in [0.29, 0.717) is 5.92 Å². The molecule has 0 aromatic carbocycles. The van der Waals surface area contributed by atoms with Crippen molar-refractivity contribution in [3.8, 4) is 0 Å². The van der Waals surface area contributed by atoms with E-state index in [2.05, 4.69) is 6.58 Å². The fourth-order valence-electron chi connectivity index (χ4n) is 4.95. The van der Waals surface area contributed by atoms with Crippen molar-refractivity contribution in [1.29, 1.82) is 0 Å². The molecule has 0 amide bonds. The highest BCUT2D eigenvalue weighted by atomic mass is 17.2. The van der Waals surface area contributed by atoms with E-state index in [0.717, 1.165) is 42.1 Å². The van der Waals surface area contributed by atoms with E-state index in [9.17, 15) is 4.79 Å². The van der Waals surface area contributed by atoms with Crippen molar-refractivity contribution in [3.05, 3.63) is 12.7 Å². The Morgan fingerprint density at radius 2 is 1.78 bits per heavy atom. The van der Waals surface area contributed by atoms with Gasteiger partial charge in [0.05, 0.1) is 0 Å². The highest BCUT2D eigenvalue weighted by Gasteiger charge is 2.66. The van der Waals surface area contributed by atoms with Gasteiger partial charge in [-0.3, -0.25) is 4.89 Å². The maximum absolute atomic E-state index is 11.1. The van der Waals surface area contributed by atoms with Crippen LogP contribution in [0, 0.1) is 35.5 Å². The molecule has 18 heavy (non-hydrogen) atoms. The van der Waals surface area contributed by atoms with Crippen LogP contribution in [0.25, 0.3) is 0 Å². The van der Waals surface area contributed by atoms with Crippen LogP contribution in [-0.2, 0) is 14.6 Å². The number of hydrogen-bond donors (Lipinski definition) is 0. The van der Waals surface area contributed by atoms with Crippen LogP contribution in [0.5, 0.6) is 0 Å². The van der Waals surface area contributed by atoms with Crippen molar-refractivity contribution in [1.82, 2.24) is 0 Å². The smallest absolute Gasteiger partial charge is 0.293 e. The first kappa shape index (κ1) is 11.0. The molecule has 0 aromatic rings. The summed E-state index contributed by atoms with van der Waals surface area (Å²) >= 11 is 0. The maximum atomic E-state index is 11.1. The zero-order valence-corrected chi connectivity index (χ0v) is 10.6. The third-order valence-corrected chi connectivity index (χ3v) is 5.75. The molecule has 4 fully saturated rings. The quantitative estimate of drug-likeness (QED) is 0.437. The predicted molar refractivity (Wildman–Crippen MR) is 65.2 cm³/mol. The lowest BCUT2D eigenvalue weighted by atomic mass is 9.69. The van der Waals surface area contributed by atoms with Gasteiger partial charge in [-0.05, 0) is 61.2 Å². The monoisotopic (exact) mass is 248 g/mol. The lowest BCUT2D eigenvalue weighted by Gasteiger charge is -2.39. The molecular formula is C15H20O3. The average molecular weight is 248 g/mol. The summed E-state index contributed by atoms with van der Waals surface area (Å²) in [7, 11) is 0. The summed E-state index contributed by atoms with van der Waals surface area (Å²) in [5, 5.41) is 0. The highest BCUT2D eigenvalue weighted by molar-refractivity contribution is 5.80. The summed E-state index contributed by atoms with van der Waals surface area (Å²) in [4.78, 5) is 21.4. The Balaban J connectivity index is 1.46. The molecule has 4 aliphatic carbocycles. The van der Waals surface area contributed by atoms with Crippen molar-refractivity contribution >= 4 is 5.97 Å². The van der Waals surface area contributed by atoms with Gasteiger partial charge in [-0.2, -0.15) is 4.89 Å². The lowest BCUT2D eigenvalue weighted by Crippen LogP contribution is -2.39. The fraction of sp³-hybridized carbons (Fsp3) is 0.800. The molecule has 0 heterocycles. The summed E-state index contributed by atoms with van der Waals surface area (Å²) in [5.74, 6) is 4.91. The summed E-state index contributed by atoms with van der Waals surface area (Å²) < 4.78 is 0. The van der Waals surface area contributed by atoms with Gasteiger partial charge in [-0.15, -0.1) is 0 Å². The molecule has 98 valence electrons. The fourth-order valence-corrected chi connectivity index (χ4v) is 4.95. The standard InChI is InChI=1S/C15H20O3/c1-2-14(16)18-17-13-5-3-4-8-9-6-10(9)11-7-12(11)15(8)13/h2,8-13,15H,1,3-7H2. The molecule has 7 unspecified atom stereocenters. The number of carbonyl (C=O) groups excluding carboxylic acids is 1. The van der Waals surface area contributed by atoms with Crippen LogP contribution in [0.2, 0.25) is 0 Å². The van der Waals surface area contributed by atoms with Crippen LogP contribution < -0.4 is 0 Å². The molecule has 4 saturated carbocycles. The minimum atomic E-state index is -0.468. The van der Waals surface area contributed by atoms with Gasteiger partial charge < -0.3 is 0 Å². The summed E-state index contributed by atoms with van der Waals surface area (Å²) in [6.07, 6.45) is 7.80. The molecule has 0 N–H and O–H groups in total. The van der Waals surface area contributed by atoms with Crippen molar-refractivity contribution in [2.45, 2.75) is 38.2 Å². The van der Waals surface area contributed by atoms with Crippen LogP contribution in [0.3, 0.4) is 0 Å². The van der Waals surface area contributed by atoms with E-state index >= 15 is 0 Å². The minimum absolute atomic E-state index is 0.143. The first-order chi connectivity index (χ1) is 8.79. The number of rotatable bonds is 3. The molecule has 0 aromatic heterocycles. The van der Waals surface area contributed by atoms with Crippen LogP contribution in [0.4, 0.5) is 0 Å². The third-order valence-electron chi connectivity index (χ3n) is 5.75. The van der Waals surface area contributed by atoms with Gasteiger partial charge in [0.2, 0.25) is 0 Å². The Morgan fingerprint density at radius 3 is 2.61 bits per heavy atom. The van der Waals surface area contributed by atoms with Crippen molar-refractivity contribution < 1.29 is 14.6 Å². The molecular weight excluding hydrogens is 228 g/mol. The summed E-state index contributed by atoms with van der Waals surface area (Å²) in [5.41, 5.74) is 0. The van der Waals surface area contributed by atoms with Crippen LogP contribution in [0.1, 0.15) is 32.1 Å². The van der Waals surface area contributed by atoms with Gasteiger partial charge in [0.1, 0.15) is 6.10 Å². The Morgan fingerprint density at radius 1 is 1.06 bits per heavy atom. The van der Waals surface area contributed by atoms with Crippen LogP contribution in [-0.4, -0.2) is 12.1 Å². The second-order valence-electron chi connectivity index (χ2n) is 6.54. The van der Waals surface area contributed by atoms with Gasteiger partial charge in [0.25, 0.3) is 0 Å². The molecule has 3 nitrogen and oxygen atoms in total. The van der Waals surface area contributed by atoms with E-state index in [1.165, 1.54) is 25.7 Å². The van der Waals surface area contributed by atoms with Crippen molar-refractivity contribution in [2.75, 3.05) is 0 Å². The van der Waals surface area contributed by atoms with Crippen molar-refractivity contribution in [2.24, 2.45) is 35.5 Å². The first-order valence-corrected chi connectivity index (χ1v) is 7.29. The lowest BCUT2D eigenvalue weighted by molar-refractivity contribution is -0.313. The molecule has 0 saturated heterocycles. The van der Waals surface area contributed by atoms with E-state index in [-0.39, 0.29) is 6.10 Å². The van der Waals surface area contributed by atoms with Gasteiger partial charge >= 0.3 is 5.97 Å². The molecule has 4 aliphatic rings. The van der Waals surface area contributed by atoms with Crippen molar-refractivity contribution in [3.63, 3.8) is 0 Å². The molecule has 0 radical (unpaired) electrons. The van der Waals surface area contributed by atoms with E-state index in [4.69, 9.17) is 9.78 Å². The zero-order chi connectivity index (χ0) is 12.3. The molecule has 0 bridgehead atoms. The first-order valence-electron chi connectivity index (χ1n) is 7.29. The van der Waals surface area contributed by atoms with Crippen LogP contribution >= 0.6 is 0 Å². The molecule has 7 atom stereocenters. The molecule has 0 spiro atoms. The zero-order valence-electron chi connectivity index (χ0n) is 10.6. The van der Waals surface area contributed by atoms with Gasteiger partial charge in [-0.25, -0.2) is 4.79 Å². The van der Waals surface area contributed by atoms with E-state index in [1.807, 2.05) is 0 Å². The number of carbonyl (C=O) groups is 1. The SMILES string of the molecule is C=CC(=O)OOC1CCCC2C3CC3C3CC3C12. The predicted octanol–water partition coefficient (Wildman–Crippen LogP) is 2.72. The number of hydrogen-bond acceptors (Lipinski definition) is 3. The molecule has 3 heteroatoms. The Bertz CT molecular complexity index is 391. The average Bonchev–Trinajstić information content (AvgIpc) is 3.26. The topological polar surface area (TPSA) is 35.5 Å².